The number of aliphatic carboxylic acids is 1. The Morgan fingerprint density at radius 1 is 0.926 bits per heavy atom. The fraction of sp³-hybridized carbons (Fsp3) is 0.641. The van der Waals surface area contributed by atoms with Crippen molar-refractivity contribution in [3.63, 3.8) is 0 Å². The number of carbonyl (C=O) groups is 6. The van der Waals surface area contributed by atoms with E-state index in [1.807, 2.05) is 44.2 Å². The molecule has 1 aromatic rings. The maximum Gasteiger partial charge on any atom is 0.306 e. The van der Waals surface area contributed by atoms with Crippen molar-refractivity contribution < 1.29 is 33.9 Å². The molecule has 0 spiro atoms. The summed E-state index contributed by atoms with van der Waals surface area (Å²) in [5.74, 6) is -4.69. The second-order valence-electron chi connectivity index (χ2n) is 14.9. The highest BCUT2D eigenvalue weighted by molar-refractivity contribution is 9.10. The molecular weight excluding hydrogens is 758 g/mol. The molecule has 54 heavy (non-hydrogen) atoms. The van der Waals surface area contributed by atoms with Crippen LogP contribution in [0.25, 0.3) is 0 Å². The molecule has 2 rings (SSSR count). The Morgan fingerprint density at radius 2 is 1.52 bits per heavy atom. The summed E-state index contributed by atoms with van der Waals surface area (Å²) < 4.78 is 0.829. The molecule has 11 N–H and O–H groups in total. The number of Topliss-reactive ketones (excluding diaryl/α,β-unsaturated/α-hetero) is 1. The summed E-state index contributed by atoms with van der Waals surface area (Å²) in [6.07, 6.45) is 7.84. The standard InChI is InChI=1S/C39H62BrN7O7/c1-25(2)22-27(37(52)53)24-33(48)32(23-26-15-17-28(40)18-16-26)46-38(54)39(3)19-9-5-4-6-12-29(43)34(49)44-30(13-7-10-20-41)35(50)45-31(36(51)47-39)14-8-11-21-42/h4,6,15-18,25,27,29-32H,5,7-14,19-24,41-43H2,1-3H3,(H,44,49)(H,45,50)(H,46,54)(H,47,51)(H,52,53)/t27-,29+,30+,31+,32+,39-/m1/s1. The number of carboxylic acid groups (broad SMARTS) is 1. The number of halogens is 1. The lowest BCUT2D eigenvalue weighted by Crippen LogP contribution is -2.63. The summed E-state index contributed by atoms with van der Waals surface area (Å²) in [7, 11) is 0. The van der Waals surface area contributed by atoms with Crippen LogP contribution in [-0.4, -0.2) is 83.3 Å². The number of nitrogens with one attached hydrogen (secondary N) is 4. The fourth-order valence-corrected chi connectivity index (χ4v) is 6.62. The van der Waals surface area contributed by atoms with Gasteiger partial charge in [-0.1, -0.05) is 54.1 Å². The van der Waals surface area contributed by atoms with Crippen molar-refractivity contribution in [3.8, 4) is 0 Å². The van der Waals surface area contributed by atoms with Gasteiger partial charge in [0, 0.05) is 10.9 Å². The van der Waals surface area contributed by atoms with Crippen LogP contribution in [0.5, 0.6) is 0 Å². The van der Waals surface area contributed by atoms with Crippen LogP contribution in [0.15, 0.2) is 40.9 Å². The van der Waals surface area contributed by atoms with E-state index in [-0.39, 0.29) is 44.4 Å². The van der Waals surface area contributed by atoms with Crippen LogP contribution in [0.2, 0.25) is 0 Å². The predicted molar refractivity (Wildman–Crippen MR) is 212 cm³/mol. The number of rotatable bonds is 18. The quantitative estimate of drug-likeness (QED) is 0.0795. The molecule has 0 radical (unpaired) electrons. The summed E-state index contributed by atoms with van der Waals surface area (Å²) >= 11 is 3.41. The zero-order valence-corrected chi connectivity index (χ0v) is 33.6. The number of hydrogen-bond donors (Lipinski definition) is 8. The number of benzene rings is 1. The van der Waals surface area contributed by atoms with Crippen LogP contribution in [0.3, 0.4) is 0 Å². The maximum absolute atomic E-state index is 14.4. The highest BCUT2D eigenvalue weighted by Gasteiger charge is 2.39. The topological polar surface area (TPSA) is 249 Å². The number of ketones is 1. The van der Waals surface area contributed by atoms with E-state index in [0.717, 1.165) is 10.0 Å². The molecule has 14 nitrogen and oxygen atoms in total. The van der Waals surface area contributed by atoms with Crippen molar-refractivity contribution in [2.45, 2.75) is 134 Å². The third kappa shape index (κ3) is 16.4. The van der Waals surface area contributed by atoms with Gasteiger partial charge in [-0.25, -0.2) is 0 Å². The van der Waals surface area contributed by atoms with Crippen LogP contribution in [-0.2, 0) is 35.2 Å². The van der Waals surface area contributed by atoms with E-state index in [0.29, 0.717) is 58.0 Å². The first-order valence-electron chi connectivity index (χ1n) is 19.1. The van der Waals surface area contributed by atoms with E-state index in [2.05, 4.69) is 37.2 Å². The van der Waals surface area contributed by atoms with E-state index in [1.165, 1.54) is 0 Å². The Labute approximate surface area is 328 Å². The van der Waals surface area contributed by atoms with E-state index >= 15 is 0 Å². The number of carbonyl (C=O) groups excluding carboxylic acids is 5. The van der Waals surface area contributed by atoms with E-state index in [1.54, 1.807) is 13.0 Å². The fourth-order valence-electron chi connectivity index (χ4n) is 6.35. The molecule has 1 aliphatic rings. The Balaban J connectivity index is 2.51. The van der Waals surface area contributed by atoms with Gasteiger partial charge in [0.25, 0.3) is 0 Å². The third-order valence-electron chi connectivity index (χ3n) is 9.60. The predicted octanol–water partition coefficient (Wildman–Crippen LogP) is 2.74. The molecule has 0 saturated heterocycles. The number of hydrogen-bond acceptors (Lipinski definition) is 9. The number of amides is 4. The second kappa shape index (κ2) is 24.0. The zero-order valence-electron chi connectivity index (χ0n) is 32.0. The Kier molecular flexibility index (Phi) is 20.6. The summed E-state index contributed by atoms with van der Waals surface area (Å²) in [6, 6.07) is 3.23. The van der Waals surface area contributed by atoms with Gasteiger partial charge >= 0.3 is 5.97 Å². The summed E-state index contributed by atoms with van der Waals surface area (Å²) in [4.78, 5) is 81.1. The molecule has 1 aliphatic heterocycles. The minimum atomic E-state index is -1.54. The van der Waals surface area contributed by atoms with E-state index in [4.69, 9.17) is 17.2 Å². The van der Waals surface area contributed by atoms with E-state index in [9.17, 15) is 33.9 Å². The van der Waals surface area contributed by atoms with Crippen LogP contribution in [0.4, 0.5) is 0 Å². The highest BCUT2D eigenvalue weighted by Crippen LogP contribution is 2.22. The van der Waals surface area contributed by atoms with Crippen molar-refractivity contribution in [1.82, 2.24) is 21.3 Å². The molecule has 4 amide bonds. The van der Waals surface area contributed by atoms with Gasteiger partial charge < -0.3 is 43.6 Å². The summed E-state index contributed by atoms with van der Waals surface area (Å²) in [5.41, 5.74) is 16.8. The van der Waals surface area contributed by atoms with Crippen LogP contribution in [0.1, 0.15) is 103 Å². The van der Waals surface area contributed by atoms with Gasteiger partial charge in [-0.3, -0.25) is 28.8 Å². The number of allylic oxidation sites excluding steroid dienone is 1. The average Bonchev–Trinajstić information content (AvgIpc) is 3.11. The molecule has 15 heteroatoms. The smallest absolute Gasteiger partial charge is 0.306 e. The van der Waals surface area contributed by atoms with Gasteiger partial charge in [-0.2, -0.15) is 0 Å². The lowest BCUT2D eigenvalue weighted by atomic mass is 9.88. The lowest BCUT2D eigenvalue weighted by molar-refractivity contribution is -0.144. The average molecular weight is 821 g/mol. The van der Waals surface area contributed by atoms with Gasteiger partial charge in [-0.15, -0.1) is 0 Å². The minimum Gasteiger partial charge on any atom is -0.481 e. The summed E-state index contributed by atoms with van der Waals surface area (Å²) in [6.45, 7) is 6.13. The first-order valence-corrected chi connectivity index (χ1v) is 19.9. The maximum atomic E-state index is 14.4. The van der Waals surface area contributed by atoms with Gasteiger partial charge in [0.05, 0.1) is 18.0 Å². The van der Waals surface area contributed by atoms with Crippen LogP contribution in [0, 0.1) is 11.8 Å². The molecule has 0 saturated carbocycles. The molecule has 0 fully saturated rings. The van der Waals surface area contributed by atoms with Gasteiger partial charge in [-0.05, 0) is 121 Å². The molecule has 0 unspecified atom stereocenters. The molecular formula is C39H62BrN7O7. The van der Waals surface area contributed by atoms with Gasteiger partial charge in [0.1, 0.15) is 17.6 Å². The monoisotopic (exact) mass is 819 g/mol. The second-order valence-corrected chi connectivity index (χ2v) is 15.8. The highest BCUT2D eigenvalue weighted by atomic mass is 79.9. The third-order valence-corrected chi connectivity index (χ3v) is 10.1. The van der Waals surface area contributed by atoms with Crippen LogP contribution >= 0.6 is 15.9 Å². The summed E-state index contributed by atoms with van der Waals surface area (Å²) in [5, 5.41) is 21.2. The molecule has 0 aromatic heterocycles. The molecule has 6 atom stereocenters. The molecule has 0 bridgehead atoms. The van der Waals surface area contributed by atoms with Crippen molar-refractivity contribution in [2.75, 3.05) is 13.1 Å². The first-order chi connectivity index (χ1) is 25.6. The minimum absolute atomic E-state index is 0.0338. The normalized spacial score (nSPS) is 22.8. The Bertz CT molecular complexity index is 1420. The van der Waals surface area contributed by atoms with Gasteiger partial charge in [0.15, 0.2) is 5.78 Å². The largest absolute Gasteiger partial charge is 0.481 e. The van der Waals surface area contributed by atoms with Crippen LogP contribution < -0.4 is 38.5 Å². The van der Waals surface area contributed by atoms with Crippen molar-refractivity contribution >= 4 is 51.3 Å². The molecule has 1 aromatic carbocycles. The number of unbranched alkanes of at least 4 members (excludes halogenated alkanes) is 2. The zero-order chi connectivity index (χ0) is 40.3. The number of carboxylic acids is 1. The molecule has 0 aliphatic carbocycles. The lowest BCUT2D eigenvalue weighted by Gasteiger charge is -2.34. The van der Waals surface area contributed by atoms with Crippen molar-refractivity contribution in [2.24, 2.45) is 29.0 Å². The number of nitrogens with two attached hydrogens (primary N) is 3. The first kappa shape index (κ1) is 46.5. The van der Waals surface area contributed by atoms with Gasteiger partial charge in [0.2, 0.25) is 23.6 Å². The Morgan fingerprint density at radius 3 is 2.09 bits per heavy atom. The van der Waals surface area contributed by atoms with Crippen molar-refractivity contribution in [3.05, 3.63) is 46.5 Å². The van der Waals surface area contributed by atoms with E-state index < -0.39 is 71.0 Å². The Hall–Kier alpha value is -3.66. The molecule has 1 heterocycles. The SMILES string of the molecule is CC(C)C[C@H](CC(=O)[C@H](Cc1ccc(Br)cc1)NC(=O)[C@@]1(C)CCCC=CC[C@H](N)C(=O)N[C@@H](CCCCN)C(=O)N[C@@H](CCCCN)C(=O)N1)C(=O)O. The van der Waals surface area contributed by atoms with Crippen molar-refractivity contribution in [1.29, 1.82) is 0 Å². The molecule has 302 valence electrons.